The highest BCUT2D eigenvalue weighted by molar-refractivity contribution is 9.10. The summed E-state index contributed by atoms with van der Waals surface area (Å²) in [5, 5.41) is 12.9. The molecule has 16 heavy (non-hydrogen) atoms. The standard InChI is InChI=1S/C12H10BrClOS/c1-7-9(4-5-16-7)12(15)10-6-8(14)2-3-11(10)13/h2-6,12,15H,1H3. The van der Waals surface area contributed by atoms with Crippen molar-refractivity contribution in [2.24, 2.45) is 0 Å². The molecule has 1 aromatic heterocycles. The van der Waals surface area contributed by atoms with Gasteiger partial charge in [0, 0.05) is 19.9 Å². The van der Waals surface area contributed by atoms with Gasteiger partial charge in [-0.1, -0.05) is 27.5 Å². The third-order valence-corrected chi connectivity index (χ3v) is 4.26. The van der Waals surface area contributed by atoms with Gasteiger partial charge in [0.2, 0.25) is 0 Å². The summed E-state index contributed by atoms with van der Waals surface area (Å²) >= 11 is 11.0. The molecule has 2 aromatic rings. The quantitative estimate of drug-likeness (QED) is 0.861. The molecule has 1 aromatic carbocycles. The van der Waals surface area contributed by atoms with Crippen molar-refractivity contribution in [3.63, 3.8) is 0 Å². The molecular weight excluding hydrogens is 308 g/mol. The molecule has 4 heteroatoms. The first-order chi connectivity index (χ1) is 7.59. The Morgan fingerprint density at radius 2 is 2.06 bits per heavy atom. The van der Waals surface area contributed by atoms with Crippen molar-refractivity contribution in [1.29, 1.82) is 0 Å². The minimum Gasteiger partial charge on any atom is -0.384 e. The maximum Gasteiger partial charge on any atom is 0.106 e. The highest BCUT2D eigenvalue weighted by atomic mass is 79.9. The van der Waals surface area contributed by atoms with Gasteiger partial charge >= 0.3 is 0 Å². The van der Waals surface area contributed by atoms with Crippen LogP contribution in [-0.2, 0) is 0 Å². The van der Waals surface area contributed by atoms with Crippen LogP contribution in [-0.4, -0.2) is 5.11 Å². The van der Waals surface area contributed by atoms with E-state index in [1.54, 1.807) is 23.5 Å². The summed E-state index contributed by atoms with van der Waals surface area (Å²) in [5.74, 6) is 0. The van der Waals surface area contributed by atoms with E-state index in [4.69, 9.17) is 11.6 Å². The van der Waals surface area contributed by atoms with E-state index in [0.717, 1.165) is 20.5 Å². The minimum absolute atomic E-state index is 0.626. The van der Waals surface area contributed by atoms with Crippen LogP contribution in [0.25, 0.3) is 0 Å². The minimum atomic E-state index is -0.626. The van der Waals surface area contributed by atoms with Gasteiger partial charge in [0.1, 0.15) is 6.10 Å². The number of aliphatic hydroxyl groups excluding tert-OH is 1. The predicted molar refractivity (Wildman–Crippen MR) is 72.3 cm³/mol. The molecule has 0 amide bonds. The summed E-state index contributed by atoms with van der Waals surface area (Å²) in [6, 6.07) is 7.37. The number of thiophene rings is 1. The van der Waals surface area contributed by atoms with E-state index in [2.05, 4.69) is 15.9 Å². The number of rotatable bonds is 2. The van der Waals surface area contributed by atoms with E-state index in [-0.39, 0.29) is 0 Å². The zero-order chi connectivity index (χ0) is 11.7. The number of hydrogen-bond donors (Lipinski definition) is 1. The Morgan fingerprint density at radius 3 is 2.69 bits per heavy atom. The molecule has 0 aliphatic rings. The molecule has 0 aliphatic carbocycles. The summed E-state index contributed by atoms with van der Waals surface area (Å²) in [6.45, 7) is 2.00. The van der Waals surface area contributed by atoms with Gasteiger partial charge in [-0.2, -0.15) is 0 Å². The third kappa shape index (κ3) is 2.33. The molecule has 0 bridgehead atoms. The average Bonchev–Trinajstić information content (AvgIpc) is 2.67. The van der Waals surface area contributed by atoms with Crippen molar-refractivity contribution in [3.05, 3.63) is 55.1 Å². The lowest BCUT2D eigenvalue weighted by molar-refractivity contribution is 0.219. The van der Waals surface area contributed by atoms with Gasteiger partial charge in [0.15, 0.2) is 0 Å². The molecule has 1 heterocycles. The monoisotopic (exact) mass is 316 g/mol. The summed E-state index contributed by atoms with van der Waals surface area (Å²) in [7, 11) is 0. The van der Waals surface area contributed by atoms with Gasteiger partial charge in [-0.15, -0.1) is 11.3 Å². The first-order valence-electron chi connectivity index (χ1n) is 4.76. The smallest absolute Gasteiger partial charge is 0.106 e. The normalized spacial score (nSPS) is 12.8. The van der Waals surface area contributed by atoms with Gasteiger partial charge < -0.3 is 5.11 Å². The molecular formula is C12H10BrClOS. The third-order valence-electron chi connectivity index (χ3n) is 2.45. The Bertz CT molecular complexity index is 509. The summed E-state index contributed by atoms with van der Waals surface area (Å²) in [5.41, 5.74) is 1.74. The second kappa shape index (κ2) is 4.88. The molecule has 1 atom stereocenters. The Morgan fingerprint density at radius 1 is 1.31 bits per heavy atom. The van der Waals surface area contributed by atoms with E-state index >= 15 is 0 Å². The van der Waals surface area contributed by atoms with Crippen molar-refractivity contribution in [2.45, 2.75) is 13.0 Å². The van der Waals surface area contributed by atoms with Crippen molar-refractivity contribution < 1.29 is 5.11 Å². The van der Waals surface area contributed by atoms with Crippen LogP contribution in [0.4, 0.5) is 0 Å². The molecule has 0 radical (unpaired) electrons. The molecule has 1 unspecified atom stereocenters. The van der Waals surface area contributed by atoms with E-state index in [9.17, 15) is 5.11 Å². The van der Waals surface area contributed by atoms with Gasteiger partial charge in [-0.05, 0) is 42.1 Å². The Balaban J connectivity index is 2.45. The van der Waals surface area contributed by atoms with E-state index in [0.29, 0.717) is 5.02 Å². The topological polar surface area (TPSA) is 20.2 Å². The lowest BCUT2D eigenvalue weighted by Gasteiger charge is -2.13. The fraction of sp³-hybridized carbons (Fsp3) is 0.167. The maximum absolute atomic E-state index is 10.3. The number of benzene rings is 1. The van der Waals surface area contributed by atoms with Gasteiger partial charge in [0.25, 0.3) is 0 Å². The van der Waals surface area contributed by atoms with Gasteiger partial charge in [-0.3, -0.25) is 0 Å². The van der Waals surface area contributed by atoms with Crippen LogP contribution in [0, 0.1) is 6.92 Å². The van der Waals surface area contributed by atoms with Crippen LogP contribution in [0.3, 0.4) is 0 Å². The zero-order valence-electron chi connectivity index (χ0n) is 8.58. The molecule has 1 N–H and O–H groups in total. The van der Waals surface area contributed by atoms with Gasteiger partial charge in [-0.25, -0.2) is 0 Å². The van der Waals surface area contributed by atoms with Crippen molar-refractivity contribution in [1.82, 2.24) is 0 Å². The Labute approximate surface area is 112 Å². The Hall–Kier alpha value is -0.350. The lowest BCUT2D eigenvalue weighted by Crippen LogP contribution is -2.00. The Kier molecular flexibility index (Phi) is 3.70. The number of aryl methyl sites for hydroxylation is 1. The SMILES string of the molecule is Cc1sccc1C(O)c1cc(Cl)ccc1Br. The van der Waals surface area contributed by atoms with E-state index in [1.807, 2.05) is 24.4 Å². The first kappa shape index (κ1) is 12.1. The molecule has 0 spiro atoms. The molecule has 0 fully saturated rings. The maximum atomic E-state index is 10.3. The number of aliphatic hydroxyl groups is 1. The molecule has 0 aliphatic heterocycles. The first-order valence-corrected chi connectivity index (χ1v) is 6.81. The fourth-order valence-corrected chi connectivity index (χ4v) is 2.95. The van der Waals surface area contributed by atoms with Gasteiger partial charge in [0.05, 0.1) is 0 Å². The van der Waals surface area contributed by atoms with Crippen LogP contribution in [0.15, 0.2) is 34.1 Å². The molecule has 2 rings (SSSR count). The summed E-state index contributed by atoms with van der Waals surface area (Å²) < 4.78 is 0.870. The molecule has 84 valence electrons. The van der Waals surface area contributed by atoms with E-state index in [1.165, 1.54) is 0 Å². The lowest BCUT2D eigenvalue weighted by atomic mass is 10.0. The van der Waals surface area contributed by atoms with E-state index < -0.39 is 6.10 Å². The van der Waals surface area contributed by atoms with Crippen LogP contribution < -0.4 is 0 Å². The molecule has 0 saturated heterocycles. The highest BCUT2D eigenvalue weighted by Gasteiger charge is 2.16. The average molecular weight is 318 g/mol. The van der Waals surface area contributed by atoms with Crippen LogP contribution in [0.5, 0.6) is 0 Å². The second-order valence-electron chi connectivity index (χ2n) is 3.50. The number of halogens is 2. The second-order valence-corrected chi connectivity index (χ2v) is 5.91. The summed E-state index contributed by atoms with van der Waals surface area (Å²) in [6.07, 6.45) is -0.626. The molecule has 0 saturated carbocycles. The zero-order valence-corrected chi connectivity index (χ0v) is 11.7. The number of hydrogen-bond acceptors (Lipinski definition) is 2. The van der Waals surface area contributed by atoms with Crippen molar-refractivity contribution >= 4 is 38.9 Å². The largest absolute Gasteiger partial charge is 0.384 e. The summed E-state index contributed by atoms with van der Waals surface area (Å²) in [4.78, 5) is 1.12. The molecule has 1 nitrogen and oxygen atoms in total. The fourth-order valence-electron chi connectivity index (χ4n) is 1.57. The van der Waals surface area contributed by atoms with Crippen molar-refractivity contribution in [2.75, 3.05) is 0 Å². The van der Waals surface area contributed by atoms with Crippen molar-refractivity contribution in [3.8, 4) is 0 Å². The highest BCUT2D eigenvalue weighted by Crippen LogP contribution is 2.33. The van der Waals surface area contributed by atoms with Crippen LogP contribution >= 0.6 is 38.9 Å². The van der Waals surface area contributed by atoms with Crippen LogP contribution in [0.1, 0.15) is 22.1 Å². The predicted octanol–water partition coefficient (Wildman–Crippen LogP) is 4.55. The van der Waals surface area contributed by atoms with Crippen LogP contribution in [0.2, 0.25) is 5.02 Å².